The summed E-state index contributed by atoms with van der Waals surface area (Å²) in [7, 11) is 0. The van der Waals surface area contributed by atoms with Gasteiger partial charge in [0.05, 0.1) is 11.9 Å². The largest absolute Gasteiger partial charge is 0.491 e. The van der Waals surface area contributed by atoms with E-state index < -0.39 is 0 Å². The van der Waals surface area contributed by atoms with Crippen LogP contribution in [-0.4, -0.2) is 42.2 Å². The van der Waals surface area contributed by atoms with Crippen molar-refractivity contribution in [3.05, 3.63) is 24.0 Å². The molecule has 0 unspecified atom stereocenters. The first kappa shape index (κ1) is 15.3. The van der Waals surface area contributed by atoms with Crippen LogP contribution in [0.1, 0.15) is 38.8 Å². The molecule has 0 aliphatic carbocycles. The first-order chi connectivity index (χ1) is 9.74. The Morgan fingerprint density at radius 1 is 1.25 bits per heavy atom. The van der Waals surface area contributed by atoms with Crippen LogP contribution < -0.4 is 10.1 Å². The fourth-order valence-electron chi connectivity index (χ4n) is 2.39. The van der Waals surface area contributed by atoms with Crippen LogP contribution in [0.2, 0.25) is 0 Å². The second-order valence-electron chi connectivity index (χ2n) is 5.77. The minimum atomic E-state index is 0.484. The van der Waals surface area contributed by atoms with E-state index >= 15 is 0 Å². The Morgan fingerprint density at radius 2 is 2.05 bits per heavy atom. The number of ether oxygens (including phenoxy) is 1. The minimum Gasteiger partial charge on any atom is -0.491 e. The van der Waals surface area contributed by atoms with Crippen molar-refractivity contribution in [2.75, 3.05) is 26.2 Å². The van der Waals surface area contributed by atoms with Crippen LogP contribution in [0.25, 0.3) is 0 Å². The van der Waals surface area contributed by atoms with E-state index in [9.17, 15) is 0 Å². The van der Waals surface area contributed by atoms with E-state index in [0.717, 1.165) is 31.1 Å². The number of aromatic nitrogens is 1. The number of piperidine rings is 1. The summed E-state index contributed by atoms with van der Waals surface area (Å²) in [6.45, 7) is 9.31. The second-order valence-corrected chi connectivity index (χ2v) is 5.77. The van der Waals surface area contributed by atoms with Gasteiger partial charge < -0.3 is 10.1 Å². The molecule has 2 heterocycles. The summed E-state index contributed by atoms with van der Waals surface area (Å²) < 4.78 is 5.76. The summed E-state index contributed by atoms with van der Waals surface area (Å²) in [5.74, 6) is 0.871. The number of hydrogen-bond donors (Lipinski definition) is 1. The molecule has 0 aromatic carbocycles. The average Bonchev–Trinajstić information content (AvgIpc) is 2.47. The highest BCUT2D eigenvalue weighted by molar-refractivity contribution is 5.19. The van der Waals surface area contributed by atoms with Gasteiger partial charge in [-0.25, -0.2) is 0 Å². The van der Waals surface area contributed by atoms with Gasteiger partial charge in [-0.3, -0.25) is 9.88 Å². The lowest BCUT2D eigenvalue weighted by Gasteiger charge is -2.26. The van der Waals surface area contributed by atoms with Crippen LogP contribution in [0.5, 0.6) is 5.75 Å². The van der Waals surface area contributed by atoms with Crippen molar-refractivity contribution < 1.29 is 4.74 Å². The Morgan fingerprint density at radius 3 is 2.70 bits per heavy atom. The Balaban J connectivity index is 1.67. The first-order valence-corrected chi connectivity index (χ1v) is 7.77. The van der Waals surface area contributed by atoms with Crippen LogP contribution in [0, 0.1) is 0 Å². The van der Waals surface area contributed by atoms with E-state index in [1.807, 2.05) is 18.3 Å². The molecule has 0 radical (unpaired) electrons. The third kappa shape index (κ3) is 5.47. The minimum absolute atomic E-state index is 0.484. The molecule has 4 nitrogen and oxygen atoms in total. The molecule has 0 saturated carbocycles. The zero-order valence-corrected chi connectivity index (χ0v) is 12.8. The van der Waals surface area contributed by atoms with Gasteiger partial charge in [-0.1, -0.05) is 20.3 Å². The van der Waals surface area contributed by atoms with Crippen molar-refractivity contribution in [3.8, 4) is 5.75 Å². The van der Waals surface area contributed by atoms with Gasteiger partial charge in [0.2, 0.25) is 0 Å². The maximum Gasteiger partial charge on any atom is 0.137 e. The fourth-order valence-corrected chi connectivity index (χ4v) is 2.39. The predicted octanol–water partition coefficient (Wildman–Crippen LogP) is 2.44. The molecule has 0 spiro atoms. The molecule has 4 heteroatoms. The highest BCUT2D eigenvalue weighted by atomic mass is 16.5. The SMILES string of the molecule is CC(C)NCc1ccc(OCCN2CCCCC2)cn1. The van der Waals surface area contributed by atoms with Crippen LogP contribution in [0.3, 0.4) is 0 Å². The number of pyridine rings is 1. The van der Waals surface area contributed by atoms with Gasteiger partial charge in [0.15, 0.2) is 0 Å². The third-order valence-corrected chi connectivity index (χ3v) is 3.61. The lowest BCUT2D eigenvalue weighted by atomic mass is 10.1. The molecule has 1 aliphatic heterocycles. The average molecular weight is 277 g/mol. The molecular formula is C16H27N3O. The molecule has 0 atom stereocenters. The third-order valence-electron chi connectivity index (χ3n) is 3.61. The van der Waals surface area contributed by atoms with Gasteiger partial charge in [0.25, 0.3) is 0 Å². The number of likely N-dealkylation sites (tertiary alicyclic amines) is 1. The summed E-state index contributed by atoms with van der Waals surface area (Å²) >= 11 is 0. The Hall–Kier alpha value is -1.13. The Bertz CT molecular complexity index is 372. The van der Waals surface area contributed by atoms with Gasteiger partial charge in [-0.05, 0) is 38.1 Å². The van der Waals surface area contributed by atoms with E-state index in [-0.39, 0.29) is 0 Å². The number of nitrogens with zero attached hydrogens (tertiary/aromatic N) is 2. The zero-order chi connectivity index (χ0) is 14.2. The highest BCUT2D eigenvalue weighted by Gasteiger charge is 2.09. The normalized spacial score (nSPS) is 16.6. The molecule has 0 bridgehead atoms. The second kappa shape index (κ2) is 8.22. The quantitative estimate of drug-likeness (QED) is 0.830. The zero-order valence-electron chi connectivity index (χ0n) is 12.8. The fraction of sp³-hybridized carbons (Fsp3) is 0.688. The molecule has 0 amide bonds. The summed E-state index contributed by atoms with van der Waals surface area (Å²) in [5.41, 5.74) is 1.06. The number of nitrogens with one attached hydrogen (secondary N) is 1. The van der Waals surface area contributed by atoms with E-state index in [1.165, 1.54) is 32.4 Å². The lowest BCUT2D eigenvalue weighted by Crippen LogP contribution is -2.33. The van der Waals surface area contributed by atoms with Crippen LogP contribution in [0.4, 0.5) is 0 Å². The summed E-state index contributed by atoms with van der Waals surface area (Å²) in [6, 6.07) is 4.53. The molecule has 1 aromatic heterocycles. The maximum absolute atomic E-state index is 5.76. The van der Waals surface area contributed by atoms with Crippen molar-refractivity contribution in [1.29, 1.82) is 0 Å². The molecule has 1 aliphatic rings. The van der Waals surface area contributed by atoms with Crippen molar-refractivity contribution in [2.24, 2.45) is 0 Å². The smallest absolute Gasteiger partial charge is 0.137 e. The Labute approximate surface area is 122 Å². The van der Waals surface area contributed by atoms with Gasteiger partial charge in [-0.2, -0.15) is 0 Å². The van der Waals surface area contributed by atoms with Crippen molar-refractivity contribution in [1.82, 2.24) is 15.2 Å². The van der Waals surface area contributed by atoms with E-state index in [4.69, 9.17) is 4.74 Å². The summed E-state index contributed by atoms with van der Waals surface area (Å²) in [5, 5.41) is 3.36. The van der Waals surface area contributed by atoms with Crippen molar-refractivity contribution >= 4 is 0 Å². The molecule has 1 aromatic rings. The van der Waals surface area contributed by atoms with Crippen LogP contribution >= 0.6 is 0 Å². The van der Waals surface area contributed by atoms with Gasteiger partial charge in [-0.15, -0.1) is 0 Å². The van der Waals surface area contributed by atoms with Crippen molar-refractivity contribution in [3.63, 3.8) is 0 Å². The van der Waals surface area contributed by atoms with Crippen molar-refractivity contribution in [2.45, 2.75) is 45.7 Å². The Kier molecular flexibility index (Phi) is 6.27. The standard InChI is InChI=1S/C16H27N3O/c1-14(2)17-12-15-6-7-16(13-18-15)20-11-10-19-8-4-3-5-9-19/h6-7,13-14,17H,3-5,8-12H2,1-2H3. The predicted molar refractivity (Wildman–Crippen MR) is 82.0 cm³/mol. The molecule has 20 heavy (non-hydrogen) atoms. The lowest BCUT2D eigenvalue weighted by molar-refractivity contribution is 0.183. The van der Waals surface area contributed by atoms with E-state index in [0.29, 0.717) is 6.04 Å². The summed E-state index contributed by atoms with van der Waals surface area (Å²) in [4.78, 5) is 6.90. The van der Waals surface area contributed by atoms with Crippen LogP contribution in [-0.2, 0) is 6.54 Å². The highest BCUT2D eigenvalue weighted by Crippen LogP contribution is 2.11. The van der Waals surface area contributed by atoms with Gasteiger partial charge >= 0.3 is 0 Å². The molecule has 1 fully saturated rings. The monoisotopic (exact) mass is 277 g/mol. The summed E-state index contributed by atoms with van der Waals surface area (Å²) in [6.07, 6.45) is 5.87. The van der Waals surface area contributed by atoms with Gasteiger partial charge in [0.1, 0.15) is 12.4 Å². The molecule has 1 saturated heterocycles. The van der Waals surface area contributed by atoms with E-state index in [2.05, 4.69) is 29.0 Å². The molecule has 1 N–H and O–H groups in total. The van der Waals surface area contributed by atoms with E-state index in [1.54, 1.807) is 0 Å². The molecule has 112 valence electrons. The van der Waals surface area contributed by atoms with Crippen LogP contribution in [0.15, 0.2) is 18.3 Å². The van der Waals surface area contributed by atoms with Gasteiger partial charge in [0, 0.05) is 19.1 Å². The first-order valence-electron chi connectivity index (χ1n) is 7.77. The number of rotatable bonds is 7. The number of hydrogen-bond acceptors (Lipinski definition) is 4. The molecule has 2 rings (SSSR count). The molecular weight excluding hydrogens is 250 g/mol. The maximum atomic E-state index is 5.76. The topological polar surface area (TPSA) is 37.4 Å².